The molecule has 0 unspecified atom stereocenters. The number of hydrogen-bond acceptors (Lipinski definition) is 4. The van der Waals surface area contributed by atoms with Crippen LogP contribution < -0.4 is 9.44 Å². The minimum atomic E-state index is -3.88. The Morgan fingerprint density at radius 1 is 0.528 bits per heavy atom. The third-order valence-corrected chi connectivity index (χ3v) is 9.28. The summed E-state index contributed by atoms with van der Waals surface area (Å²) in [5.41, 5.74) is 2.06. The van der Waals surface area contributed by atoms with Gasteiger partial charge in [0.05, 0.1) is 9.79 Å². The first-order chi connectivity index (χ1) is 17.2. The van der Waals surface area contributed by atoms with E-state index >= 15 is 0 Å². The molecule has 0 amide bonds. The van der Waals surface area contributed by atoms with Gasteiger partial charge in [-0.1, -0.05) is 98.8 Å². The fraction of sp³-hybridized carbons (Fsp3) is 0.214. The lowest BCUT2D eigenvalue weighted by Gasteiger charge is -2.16. The summed E-state index contributed by atoms with van der Waals surface area (Å²) in [6, 6.07) is 28.8. The molecule has 2 N–H and O–H groups in total. The maximum absolute atomic E-state index is 13.2. The Bertz CT molecular complexity index is 1420. The predicted molar refractivity (Wildman–Crippen MR) is 144 cm³/mol. The number of rotatable bonds is 10. The van der Waals surface area contributed by atoms with E-state index in [2.05, 4.69) is 9.44 Å². The lowest BCUT2D eigenvalue weighted by atomic mass is 10.0. The number of benzene rings is 4. The second-order valence-corrected chi connectivity index (χ2v) is 12.4. The first-order valence-corrected chi connectivity index (χ1v) is 14.8. The second-order valence-electron chi connectivity index (χ2n) is 8.93. The van der Waals surface area contributed by atoms with Gasteiger partial charge in [-0.15, -0.1) is 0 Å². The van der Waals surface area contributed by atoms with Crippen molar-refractivity contribution in [2.24, 2.45) is 0 Å². The smallest absolute Gasteiger partial charge is 0.211 e. The molecule has 36 heavy (non-hydrogen) atoms. The van der Waals surface area contributed by atoms with E-state index in [1.807, 2.05) is 74.5 Å². The molecular formula is C28H30N2O4S2. The lowest BCUT2D eigenvalue weighted by molar-refractivity contribution is 0.573. The van der Waals surface area contributed by atoms with Gasteiger partial charge in [-0.3, -0.25) is 0 Å². The lowest BCUT2D eigenvalue weighted by Crippen LogP contribution is -2.29. The molecule has 6 nitrogen and oxygen atoms in total. The summed E-state index contributed by atoms with van der Waals surface area (Å²) < 4.78 is 58.3. The molecule has 0 saturated carbocycles. The highest BCUT2D eigenvalue weighted by molar-refractivity contribution is 7.90. The number of nitrogens with one attached hydrogen (secondary N) is 2. The summed E-state index contributed by atoms with van der Waals surface area (Å²) in [4.78, 5) is 0.102. The van der Waals surface area contributed by atoms with Crippen LogP contribution in [0.25, 0.3) is 10.8 Å². The van der Waals surface area contributed by atoms with Crippen LogP contribution in [0.2, 0.25) is 0 Å². The standard InChI is InChI=1S/C28H30N2O4S2/c1-21(23-11-5-3-6-12-23)19-29-35(31,32)27-17-9-16-26-25(27)15-10-18-28(26)36(33,34)30-20-22(2)24-13-7-4-8-14-24/h3-18,21-22,29-30H,19-20H2,1-2H3/t21-,22-/m0/s1. The van der Waals surface area contributed by atoms with Crippen molar-refractivity contribution in [2.75, 3.05) is 13.1 Å². The van der Waals surface area contributed by atoms with Gasteiger partial charge in [0.2, 0.25) is 20.0 Å². The first kappa shape index (κ1) is 26.0. The zero-order valence-corrected chi connectivity index (χ0v) is 21.9. The Kier molecular flexibility index (Phi) is 7.90. The number of fused-ring (bicyclic) bond motifs is 1. The second kappa shape index (κ2) is 10.9. The fourth-order valence-corrected chi connectivity index (χ4v) is 6.85. The van der Waals surface area contributed by atoms with Gasteiger partial charge in [0.15, 0.2) is 0 Å². The largest absolute Gasteiger partial charge is 0.241 e. The Balaban J connectivity index is 1.58. The molecule has 8 heteroatoms. The Morgan fingerprint density at radius 3 is 1.25 bits per heavy atom. The molecule has 4 aromatic rings. The van der Waals surface area contributed by atoms with Crippen LogP contribution in [0.5, 0.6) is 0 Å². The van der Waals surface area contributed by atoms with Crippen molar-refractivity contribution < 1.29 is 16.8 Å². The van der Waals surface area contributed by atoms with Crippen molar-refractivity contribution in [1.29, 1.82) is 0 Å². The third kappa shape index (κ3) is 5.84. The summed E-state index contributed by atoms with van der Waals surface area (Å²) in [6.45, 7) is 4.35. The highest BCUT2D eigenvalue weighted by atomic mass is 32.2. The molecule has 0 saturated heterocycles. The molecular weight excluding hydrogens is 492 g/mol. The van der Waals surface area contributed by atoms with Gasteiger partial charge in [-0.25, -0.2) is 26.3 Å². The first-order valence-electron chi connectivity index (χ1n) is 11.8. The van der Waals surface area contributed by atoms with Crippen LogP contribution in [0.3, 0.4) is 0 Å². The maximum Gasteiger partial charge on any atom is 0.241 e. The molecule has 0 radical (unpaired) electrons. The molecule has 4 aromatic carbocycles. The summed E-state index contributed by atoms with van der Waals surface area (Å²) in [5.74, 6) is -0.0506. The zero-order valence-electron chi connectivity index (χ0n) is 20.3. The van der Waals surface area contributed by atoms with Crippen LogP contribution in [0.1, 0.15) is 36.8 Å². The average Bonchev–Trinajstić information content (AvgIpc) is 2.90. The van der Waals surface area contributed by atoms with E-state index in [0.29, 0.717) is 10.8 Å². The van der Waals surface area contributed by atoms with Gasteiger partial charge < -0.3 is 0 Å². The monoisotopic (exact) mass is 522 g/mol. The summed E-state index contributed by atoms with van der Waals surface area (Å²) >= 11 is 0. The van der Waals surface area contributed by atoms with E-state index in [4.69, 9.17) is 0 Å². The molecule has 0 spiro atoms. The topological polar surface area (TPSA) is 92.3 Å². The molecule has 0 bridgehead atoms. The van der Waals surface area contributed by atoms with Crippen molar-refractivity contribution >= 4 is 30.8 Å². The predicted octanol–water partition coefficient (Wildman–Crippen LogP) is 5.00. The Labute approximate surface area is 213 Å². The Hall–Kier alpha value is -3.04. The van der Waals surface area contributed by atoms with Crippen molar-refractivity contribution in [3.8, 4) is 0 Å². The highest BCUT2D eigenvalue weighted by Crippen LogP contribution is 2.29. The van der Waals surface area contributed by atoms with E-state index in [0.717, 1.165) is 11.1 Å². The molecule has 0 heterocycles. The van der Waals surface area contributed by atoms with Gasteiger partial charge in [0.25, 0.3) is 0 Å². The number of sulfonamides is 2. The van der Waals surface area contributed by atoms with Crippen LogP contribution in [0.15, 0.2) is 107 Å². The average molecular weight is 523 g/mol. The van der Waals surface area contributed by atoms with Crippen LogP contribution in [-0.4, -0.2) is 29.9 Å². The minimum Gasteiger partial charge on any atom is -0.211 e. The molecule has 0 aliphatic rings. The van der Waals surface area contributed by atoms with Crippen molar-refractivity contribution in [2.45, 2.75) is 35.5 Å². The molecule has 188 valence electrons. The van der Waals surface area contributed by atoms with Crippen LogP contribution in [0, 0.1) is 0 Å². The van der Waals surface area contributed by atoms with Crippen LogP contribution in [0.4, 0.5) is 0 Å². The quantitative estimate of drug-likeness (QED) is 0.306. The van der Waals surface area contributed by atoms with E-state index in [1.165, 1.54) is 12.1 Å². The van der Waals surface area contributed by atoms with Crippen molar-refractivity contribution in [3.05, 3.63) is 108 Å². The third-order valence-electron chi connectivity index (χ3n) is 6.32. The molecule has 0 aliphatic heterocycles. The van der Waals surface area contributed by atoms with Crippen molar-refractivity contribution in [1.82, 2.24) is 9.44 Å². The van der Waals surface area contributed by atoms with E-state index in [9.17, 15) is 16.8 Å². The molecule has 0 aliphatic carbocycles. The molecule has 2 atom stereocenters. The zero-order chi connectivity index (χ0) is 25.8. The van der Waals surface area contributed by atoms with Gasteiger partial charge in [-0.2, -0.15) is 0 Å². The fourth-order valence-electron chi connectivity index (χ4n) is 4.14. The number of hydrogen-bond donors (Lipinski definition) is 2. The normalized spacial score (nSPS) is 13.9. The van der Waals surface area contributed by atoms with E-state index < -0.39 is 20.0 Å². The Morgan fingerprint density at radius 2 is 0.889 bits per heavy atom. The summed E-state index contributed by atoms with van der Waals surface area (Å²) in [7, 11) is -7.76. The van der Waals surface area contributed by atoms with Crippen LogP contribution >= 0.6 is 0 Å². The summed E-state index contributed by atoms with van der Waals surface area (Å²) in [5, 5.41) is 0.715. The van der Waals surface area contributed by atoms with Gasteiger partial charge >= 0.3 is 0 Å². The summed E-state index contributed by atoms with van der Waals surface area (Å²) in [6.07, 6.45) is 0. The SMILES string of the molecule is C[C@@H](CNS(=O)(=O)c1cccc2c(S(=O)(=O)NC[C@H](C)c3ccccc3)cccc12)c1ccccc1. The van der Waals surface area contributed by atoms with Gasteiger partial charge in [0.1, 0.15) is 0 Å². The maximum atomic E-state index is 13.2. The van der Waals surface area contributed by atoms with E-state index in [1.54, 1.807) is 24.3 Å². The highest BCUT2D eigenvalue weighted by Gasteiger charge is 2.23. The van der Waals surface area contributed by atoms with Crippen LogP contribution in [-0.2, 0) is 20.0 Å². The van der Waals surface area contributed by atoms with Crippen molar-refractivity contribution in [3.63, 3.8) is 0 Å². The molecule has 0 fully saturated rings. The minimum absolute atomic E-state index is 0.0253. The molecule has 0 aromatic heterocycles. The van der Waals surface area contributed by atoms with Gasteiger partial charge in [0, 0.05) is 23.9 Å². The van der Waals surface area contributed by atoms with Gasteiger partial charge in [-0.05, 0) is 35.1 Å². The van der Waals surface area contributed by atoms with E-state index in [-0.39, 0.29) is 34.7 Å². The molecule has 4 rings (SSSR count).